The van der Waals surface area contributed by atoms with Gasteiger partial charge in [0.2, 0.25) is 0 Å². The molecule has 0 spiro atoms. The van der Waals surface area contributed by atoms with Crippen molar-refractivity contribution in [2.75, 3.05) is 0 Å². The Labute approximate surface area is 76.4 Å². The van der Waals surface area contributed by atoms with E-state index in [4.69, 9.17) is 0 Å². The maximum Gasteiger partial charge on any atom is 0.0624 e. The van der Waals surface area contributed by atoms with Gasteiger partial charge in [-0.3, -0.25) is 0 Å². The molecule has 3 heteroatoms. The van der Waals surface area contributed by atoms with Gasteiger partial charge in [-0.05, 0) is 30.4 Å². The van der Waals surface area contributed by atoms with Crippen LogP contribution in [0.1, 0.15) is 37.3 Å². The van der Waals surface area contributed by atoms with Crippen LogP contribution in [0.15, 0.2) is 11.4 Å². The van der Waals surface area contributed by atoms with E-state index < -0.39 is 0 Å². The third-order valence-corrected chi connectivity index (χ3v) is 3.14. The minimum absolute atomic E-state index is 0.152. The van der Waals surface area contributed by atoms with Gasteiger partial charge in [-0.25, -0.2) is 0 Å². The van der Waals surface area contributed by atoms with Crippen molar-refractivity contribution in [3.05, 3.63) is 17.1 Å². The molecule has 1 saturated carbocycles. The van der Waals surface area contributed by atoms with Gasteiger partial charge in [-0.2, -0.15) is 4.37 Å². The fourth-order valence-electron chi connectivity index (χ4n) is 1.87. The lowest BCUT2D eigenvalue weighted by atomic mass is 9.84. The molecular formula is C9H13NOS. The van der Waals surface area contributed by atoms with E-state index in [1.807, 2.05) is 11.4 Å². The highest BCUT2D eigenvalue weighted by Gasteiger charge is 2.25. The largest absolute Gasteiger partial charge is 0.392 e. The lowest BCUT2D eigenvalue weighted by molar-refractivity contribution is 0.105. The first-order valence-corrected chi connectivity index (χ1v) is 5.30. The van der Waals surface area contributed by atoms with Gasteiger partial charge < -0.3 is 5.11 Å². The summed E-state index contributed by atoms with van der Waals surface area (Å²) in [5.74, 6) is 0.310. The zero-order valence-corrected chi connectivity index (χ0v) is 7.76. The summed E-state index contributed by atoms with van der Waals surface area (Å²) in [6.07, 6.45) is 4.30. The third kappa shape index (κ3) is 1.52. The second-order valence-electron chi connectivity index (χ2n) is 3.38. The fraction of sp³-hybridized carbons (Fsp3) is 0.667. The molecule has 2 atom stereocenters. The highest BCUT2D eigenvalue weighted by atomic mass is 32.1. The molecule has 1 fully saturated rings. The average molecular weight is 183 g/mol. The van der Waals surface area contributed by atoms with Crippen molar-refractivity contribution in [3.8, 4) is 0 Å². The molecule has 0 saturated heterocycles. The Morgan fingerprint density at radius 1 is 1.42 bits per heavy atom. The fourth-order valence-corrected chi connectivity index (χ4v) is 2.45. The normalized spacial score (nSPS) is 30.4. The highest BCUT2D eigenvalue weighted by Crippen LogP contribution is 2.32. The standard InChI is InChI=1S/C9H13NOS/c11-9-4-2-1-3-7(9)8-5-6-12-10-8/h5-7,9,11H,1-4H2. The van der Waals surface area contributed by atoms with E-state index in [2.05, 4.69) is 4.37 Å². The molecule has 2 nitrogen and oxygen atoms in total. The summed E-state index contributed by atoms with van der Waals surface area (Å²) in [7, 11) is 0. The van der Waals surface area contributed by atoms with E-state index in [0.717, 1.165) is 18.5 Å². The second kappa shape index (κ2) is 3.54. The van der Waals surface area contributed by atoms with Crippen molar-refractivity contribution >= 4 is 11.5 Å². The Bertz CT molecular complexity index is 235. The minimum Gasteiger partial charge on any atom is -0.392 e. The Morgan fingerprint density at radius 2 is 2.25 bits per heavy atom. The maximum atomic E-state index is 9.71. The summed E-state index contributed by atoms with van der Waals surface area (Å²) in [5, 5.41) is 11.7. The molecule has 1 aromatic rings. The van der Waals surface area contributed by atoms with E-state index in [1.54, 1.807) is 0 Å². The van der Waals surface area contributed by atoms with Gasteiger partial charge in [0.15, 0.2) is 0 Å². The van der Waals surface area contributed by atoms with Crippen LogP contribution in [0.25, 0.3) is 0 Å². The Morgan fingerprint density at radius 3 is 2.92 bits per heavy atom. The van der Waals surface area contributed by atoms with E-state index >= 15 is 0 Å². The number of hydrogen-bond acceptors (Lipinski definition) is 3. The summed E-state index contributed by atoms with van der Waals surface area (Å²) in [6.45, 7) is 0. The topological polar surface area (TPSA) is 33.1 Å². The van der Waals surface area contributed by atoms with Crippen molar-refractivity contribution in [2.24, 2.45) is 0 Å². The minimum atomic E-state index is -0.152. The van der Waals surface area contributed by atoms with E-state index in [0.29, 0.717) is 5.92 Å². The van der Waals surface area contributed by atoms with Gasteiger partial charge in [0.1, 0.15) is 0 Å². The molecule has 2 rings (SSSR count). The lowest BCUT2D eigenvalue weighted by Crippen LogP contribution is -2.22. The van der Waals surface area contributed by atoms with Crippen molar-refractivity contribution in [2.45, 2.75) is 37.7 Å². The predicted octanol–water partition coefficient (Wildman–Crippen LogP) is 2.16. The first-order valence-electron chi connectivity index (χ1n) is 4.46. The summed E-state index contributed by atoms with van der Waals surface area (Å²) in [4.78, 5) is 0. The lowest BCUT2D eigenvalue weighted by Gasteiger charge is -2.25. The van der Waals surface area contributed by atoms with Crippen LogP contribution in [0.3, 0.4) is 0 Å². The van der Waals surface area contributed by atoms with Crippen LogP contribution < -0.4 is 0 Å². The van der Waals surface area contributed by atoms with Gasteiger partial charge in [0, 0.05) is 11.3 Å². The third-order valence-electron chi connectivity index (χ3n) is 2.57. The van der Waals surface area contributed by atoms with Crippen LogP contribution in [0, 0.1) is 0 Å². The van der Waals surface area contributed by atoms with Crippen molar-refractivity contribution in [3.63, 3.8) is 0 Å². The molecule has 66 valence electrons. The van der Waals surface area contributed by atoms with E-state index in [1.165, 1.54) is 24.4 Å². The molecule has 1 aromatic heterocycles. The first-order chi connectivity index (χ1) is 5.88. The molecular weight excluding hydrogens is 170 g/mol. The quantitative estimate of drug-likeness (QED) is 0.723. The van der Waals surface area contributed by atoms with Crippen LogP contribution in [0.2, 0.25) is 0 Å². The zero-order valence-electron chi connectivity index (χ0n) is 6.94. The van der Waals surface area contributed by atoms with E-state index in [-0.39, 0.29) is 6.10 Å². The molecule has 0 radical (unpaired) electrons. The predicted molar refractivity (Wildman–Crippen MR) is 49.3 cm³/mol. The molecule has 2 unspecified atom stereocenters. The number of hydrogen-bond donors (Lipinski definition) is 1. The van der Waals surface area contributed by atoms with Gasteiger partial charge in [0.25, 0.3) is 0 Å². The van der Waals surface area contributed by atoms with Crippen LogP contribution >= 0.6 is 11.5 Å². The Hall–Kier alpha value is -0.410. The number of rotatable bonds is 1. The number of aromatic nitrogens is 1. The van der Waals surface area contributed by atoms with Crippen LogP contribution in [-0.4, -0.2) is 15.6 Å². The Kier molecular flexibility index (Phi) is 2.42. The molecule has 1 aliphatic rings. The highest BCUT2D eigenvalue weighted by molar-refractivity contribution is 7.03. The van der Waals surface area contributed by atoms with Crippen LogP contribution in [-0.2, 0) is 0 Å². The summed E-state index contributed by atoms with van der Waals surface area (Å²) in [6, 6.07) is 2.03. The molecule has 0 bridgehead atoms. The molecule has 1 heterocycles. The van der Waals surface area contributed by atoms with E-state index in [9.17, 15) is 5.11 Å². The van der Waals surface area contributed by atoms with Gasteiger partial charge in [-0.15, -0.1) is 0 Å². The Balaban J connectivity index is 2.11. The molecule has 0 aliphatic heterocycles. The summed E-state index contributed by atoms with van der Waals surface area (Å²) >= 11 is 1.47. The van der Waals surface area contributed by atoms with Gasteiger partial charge >= 0.3 is 0 Å². The summed E-state index contributed by atoms with van der Waals surface area (Å²) < 4.78 is 4.27. The molecule has 1 aliphatic carbocycles. The monoisotopic (exact) mass is 183 g/mol. The molecule has 12 heavy (non-hydrogen) atoms. The summed E-state index contributed by atoms with van der Waals surface area (Å²) in [5.41, 5.74) is 1.09. The molecule has 1 N–H and O–H groups in total. The van der Waals surface area contributed by atoms with Crippen molar-refractivity contribution in [1.29, 1.82) is 0 Å². The van der Waals surface area contributed by atoms with Gasteiger partial charge in [-0.1, -0.05) is 12.8 Å². The number of aliphatic hydroxyl groups is 1. The van der Waals surface area contributed by atoms with Crippen molar-refractivity contribution < 1.29 is 5.11 Å². The average Bonchev–Trinajstić information content (AvgIpc) is 2.57. The van der Waals surface area contributed by atoms with Crippen molar-refractivity contribution in [1.82, 2.24) is 4.37 Å². The smallest absolute Gasteiger partial charge is 0.0624 e. The maximum absolute atomic E-state index is 9.71. The number of nitrogens with zero attached hydrogens (tertiary/aromatic N) is 1. The zero-order chi connectivity index (χ0) is 8.39. The first kappa shape index (κ1) is 8.20. The molecule has 0 amide bonds. The molecule has 0 aromatic carbocycles. The number of aliphatic hydroxyl groups excluding tert-OH is 1. The SMILES string of the molecule is OC1CCCCC1c1ccsn1. The van der Waals surface area contributed by atoms with Crippen LogP contribution in [0.4, 0.5) is 0 Å². The van der Waals surface area contributed by atoms with Crippen LogP contribution in [0.5, 0.6) is 0 Å². The van der Waals surface area contributed by atoms with Gasteiger partial charge in [0.05, 0.1) is 11.8 Å². The second-order valence-corrected chi connectivity index (χ2v) is 4.05.